The first-order valence-electron chi connectivity index (χ1n) is 13.7. The van der Waals surface area contributed by atoms with Crippen molar-refractivity contribution >= 4 is 47.1 Å². The summed E-state index contributed by atoms with van der Waals surface area (Å²) in [5, 5.41) is 60.0. The number of amides is 3. The van der Waals surface area contributed by atoms with Crippen LogP contribution in [0, 0.1) is 12.3 Å². The van der Waals surface area contributed by atoms with Gasteiger partial charge in [0.25, 0.3) is 5.91 Å². The van der Waals surface area contributed by atoms with Crippen molar-refractivity contribution in [2.45, 2.75) is 54.0 Å². The van der Waals surface area contributed by atoms with Gasteiger partial charge in [-0.05, 0) is 35.4 Å². The number of hydrogen-bond donors (Lipinski definition) is 8. The summed E-state index contributed by atoms with van der Waals surface area (Å²) in [5.74, 6) is -0.984. The van der Waals surface area contributed by atoms with E-state index in [0.717, 1.165) is 11.8 Å². The summed E-state index contributed by atoms with van der Waals surface area (Å²) in [4.78, 5) is 46.9. The van der Waals surface area contributed by atoms with Gasteiger partial charge in [0.2, 0.25) is 16.7 Å². The molecular formula is C30H34ClN3O10S. The molecule has 0 bridgehead atoms. The SMILES string of the molecule is C#CCNC(=O)c1ccc(CS[C@]2(C(=O)O)C[C@H](O)[C@@H](NC(=O)CO)[C@H]([C@H](O)[C@H](O)CNC(=O)Cc3ccc(Cl)cc3)O2)cc1. The molecular weight excluding hydrogens is 630 g/mol. The topological polar surface area (TPSA) is 215 Å². The van der Waals surface area contributed by atoms with E-state index in [9.17, 15) is 44.7 Å². The number of benzene rings is 2. The quantitative estimate of drug-likeness (QED) is 0.120. The summed E-state index contributed by atoms with van der Waals surface area (Å²) in [6, 6.07) is 11.3. The highest BCUT2D eigenvalue weighted by atomic mass is 35.5. The minimum atomic E-state index is -2.15. The van der Waals surface area contributed by atoms with Crippen molar-refractivity contribution in [3.8, 4) is 12.3 Å². The van der Waals surface area contributed by atoms with Crippen molar-refractivity contribution in [2.24, 2.45) is 0 Å². The van der Waals surface area contributed by atoms with Gasteiger partial charge in [0.05, 0.1) is 31.2 Å². The van der Waals surface area contributed by atoms with Crippen LogP contribution in [0.5, 0.6) is 0 Å². The van der Waals surface area contributed by atoms with E-state index in [0.29, 0.717) is 21.7 Å². The van der Waals surface area contributed by atoms with Gasteiger partial charge >= 0.3 is 5.97 Å². The van der Waals surface area contributed by atoms with Gasteiger partial charge < -0.3 is 46.2 Å². The first kappa shape index (κ1) is 35.8. The van der Waals surface area contributed by atoms with E-state index in [-0.39, 0.29) is 24.6 Å². The molecule has 13 nitrogen and oxygen atoms in total. The van der Waals surface area contributed by atoms with Crippen LogP contribution in [0.1, 0.15) is 27.9 Å². The molecule has 0 radical (unpaired) electrons. The highest BCUT2D eigenvalue weighted by Crippen LogP contribution is 2.42. The second-order valence-electron chi connectivity index (χ2n) is 10.2. The van der Waals surface area contributed by atoms with Crippen LogP contribution in [0.2, 0.25) is 5.02 Å². The minimum absolute atomic E-state index is 0.0328. The summed E-state index contributed by atoms with van der Waals surface area (Å²) in [6.07, 6.45) is -2.33. The summed E-state index contributed by atoms with van der Waals surface area (Å²) < 4.78 is 5.88. The molecule has 1 fully saturated rings. The summed E-state index contributed by atoms with van der Waals surface area (Å²) in [6.45, 7) is -1.39. The van der Waals surface area contributed by atoms with E-state index < -0.39 is 72.7 Å². The summed E-state index contributed by atoms with van der Waals surface area (Å²) in [7, 11) is 0. The highest BCUT2D eigenvalue weighted by molar-refractivity contribution is 8.00. The van der Waals surface area contributed by atoms with Gasteiger partial charge in [-0.25, -0.2) is 4.79 Å². The number of carbonyl (C=O) groups excluding carboxylic acids is 3. The third-order valence-corrected chi connectivity index (χ3v) is 8.56. The maximum Gasteiger partial charge on any atom is 0.346 e. The Balaban J connectivity index is 1.74. The van der Waals surface area contributed by atoms with E-state index in [1.807, 2.05) is 0 Å². The molecule has 15 heteroatoms. The molecule has 1 aliphatic heterocycles. The third kappa shape index (κ3) is 9.90. The first-order valence-corrected chi connectivity index (χ1v) is 15.1. The molecule has 0 saturated carbocycles. The highest BCUT2D eigenvalue weighted by Gasteiger charge is 2.55. The Kier molecular flexibility index (Phi) is 13.2. The lowest BCUT2D eigenvalue weighted by molar-refractivity contribution is -0.203. The largest absolute Gasteiger partial charge is 0.478 e. The van der Waals surface area contributed by atoms with Crippen molar-refractivity contribution in [1.82, 2.24) is 16.0 Å². The number of nitrogens with one attached hydrogen (secondary N) is 3. The van der Waals surface area contributed by atoms with Crippen molar-refractivity contribution in [1.29, 1.82) is 0 Å². The van der Waals surface area contributed by atoms with Gasteiger partial charge in [-0.2, -0.15) is 0 Å². The molecule has 2 aromatic rings. The number of thioether (sulfide) groups is 1. The summed E-state index contributed by atoms with van der Waals surface area (Å²) >= 11 is 6.63. The van der Waals surface area contributed by atoms with Gasteiger partial charge in [0.1, 0.15) is 18.8 Å². The number of aliphatic carboxylic acids is 1. The second kappa shape index (κ2) is 16.6. The third-order valence-electron chi connectivity index (χ3n) is 6.93. The number of ether oxygens (including phenoxy) is 1. The van der Waals surface area contributed by atoms with Gasteiger partial charge in [-0.15, -0.1) is 18.2 Å². The van der Waals surface area contributed by atoms with Crippen LogP contribution in [0.4, 0.5) is 0 Å². The molecule has 0 unspecified atom stereocenters. The first-order chi connectivity index (χ1) is 21.4. The van der Waals surface area contributed by atoms with Crippen LogP contribution in [0.15, 0.2) is 48.5 Å². The second-order valence-corrected chi connectivity index (χ2v) is 11.9. The standard InChI is InChI=1S/C30H34ClN3O10S/c1-2-11-32-28(41)19-7-3-18(4-8-19)16-45-30(29(42)43)13-21(36)25(34-24(39)15-35)27(44-30)26(40)22(37)14-33-23(38)12-17-5-9-20(31)10-6-17/h1,3-10,21-22,25-27,35-37,40H,11-16H2,(H,32,41)(H,33,38)(H,34,39)(H,42,43)/t21-,22+,25+,26+,27+,30-/m0/s1. The molecule has 6 atom stereocenters. The Morgan fingerprint density at radius 1 is 1.04 bits per heavy atom. The fourth-order valence-electron chi connectivity index (χ4n) is 4.54. The van der Waals surface area contributed by atoms with Crippen LogP contribution in [-0.4, -0.2) is 104 Å². The summed E-state index contributed by atoms with van der Waals surface area (Å²) in [5.41, 5.74) is 1.57. The molecule has 1 saturated heterocycles. The van der Waals surface area contributed by atoms with Crippen molar-refractivity contribution in [3.05, 3.63) is 70.2 Å². The maximum absolute atomic E-state index is 12.6. The lowest BCUT2D eigenvalue weighted by Crippen LogP contribution is -2.67. The van der Waals surface area contributed by atoms with Crippen LogP contribution in [0.25, 0.3) is 0 Å². The molecule has 8 N–H and O–H groups in total. The lowest BCUT2D eigenvalue weighted by atomic mass is 9.89. The van der Waals surface area contributed by atoms with Crippen molar-refractivity contribution < 1.29 is 49.4 Å². The Bertz CT molecular complexity index is 1390. The van der Waals surface area contributed by atoms with Crippen LogP contribution in [-0.2, 0) is 31.3 Å². The van der Waals surface area contributed by atoms with Gasteiger partial charge in [-0.1, -0.05) is 41.8 Å². The fourth-order valence-corrected chi connectivity index (χ4v) is 5.85. The number of halogens is 1. The molecule has 45 heavy (non-hydrogen) atoms. The number of aliphatic hydroxyl groups is 4. The van der Waals surface area contributed by atoms with E-state index in [2.05, 4.69) is 21.9 Å². The number of terminal acetylenes is 1. The predicted molar refractivity (Wildman–Crippen MR) is 164 cm³/mol. The number of aliphatic hydroxyl groups excluding tert-OH is 4. The smallest absolute Gasteiger partial charge is 0.346 e. The van der Waals surface area contributed by atoms with E-state index in [1.54, 1.807) is 36.4 Å². The zero-order valence-electron chi connectivity index (χ0n) is 23.9. The molecule has 3 rings (SSSR count). The number of carbonyl (C=O) groups is 4. The van der Waals surface area contributed by atoms with Crippen LogP contribution >= 0.6 is 23.4 Å². The molecule has 1 heterocycles. The molecule has 0 spiro atoms. The molecule has 3 amide bonds. The molecule has 1 aliphatic rings. The van der Waals surface area contributed by atoms with E-state index >= 15 is 0 Å². The minimum Gasteiger partial charge on any atom is -0.478 e. The average Bonchev–Trinajstić information content (AvgIpc) is 3.03. The zero-order chi connectivity index (χ0) is 33.1. The Labute approximate surface area is 268 Å². The van der Waals surface area contributed by atoms with Gasteiger partial charge in [0.15, 0.2) is 0 Å². The predicted octanol–water partition coefficient (Wildman–Crippen LogP) is -0.575. The van der Waals surface area contributed by atoms with Crippen molar-refractivity contribution in [3.63, 3.8) is 0 Å². The molecule has 2 aromatic carbocycles. The van der Waals surface area contributed by atoms with Gasteiger partial charge in [0, 0.05) is 29.3 Å². The van der Waals surface area contributed by atoms with Crippen molar-refractivity contribution in [2.75, 3.05) is 19.7 Å². The molecule has 0 aliphatic carbocycles. The fraction of sp³-hybridized carbons (Fsp3) is 0.400. The zero-order valence-corrected chi connectivity index (χ0v) is 25.5. The maximum atomic E-state index is 12.6. The lowest BCUT2D eigenvalue weighted by Gasteiger charge is -2.46. The number of hydrogen-bond acceptors (Lipinski definition) is 10. The normalized spacial score (nSPS) is 22.4. The monoisotopic (exact) mass is 663 g/mol. The van der Waals surface area contributed by atoms with E-state index in [1.165, 1.54) is 12.1 Å². The number of carboxylic acid groups (broad SMARTS) is 1. The Morgan fingerprint density at radius 3 is 2.29 bits per heavy atom. The average molecular weight is 664 g/mol. The van der Waals surface area contributed by atoms with Crippen LogP contribution in [0.3, 0.4) is 0 Å². The van der Waals surface area contributed by atoms with E-state index in [4.69, 9.17) is 22.8 Å². The van der Waals surface area contributed by atoms with Gasteiger partial charge in [-0.3, -0.25) is 14.4 Å². The number of rotatable bonds is 14. The van der Waals surface area contributed by atoms with Crippen LogP contribution < -0.4 is 16.0 Å². The Morgan fingerprint density at radius 2 is 1.69 bits per heavy atom. The molecule has 0 aromatic heterocycles. The molecule has 242 valence electrons. The number of carboxylic acids is 1. The Hall–Kier alpha value is -3.68.